The molecular weight excluding hydrogens is 662 g/mol. The van der Waals surface area contributed by atoms with Crippen LogP contribution in [0.25, 0.3) is 0 Å². The van der Waals surface area contributed by atoms with Crippen molar-refractivity contribution in [1.29, 1.82) is 0 Å². The predicted molar refractivity (Wildman–Crippen MR) is 190 cm³/mol. The molecule has 0 aromatic rings. The van der Waals surface area contributed by atoms with Crippen LogP contribution in [0.3, 0.4) is 0 Å². The highest BCUT2D eigenvalue weighted by Gasteiger charge is 2.46. The van der Waals surface area contributed by atoms with E-state index in [1.807, 2.05) is 34.6 Å². The van der Waals surface area contributed by atoms with Crippen LogP contribution in [0.4, 0.5) is 4.79 Å². The van der Waals surface area contributed by atoms with Crippen molar-refractivity contribution in [3.05, 3.63) is 0 Å². The standard InChI is InChI=1S/C35H61N7O7S/c1-22(2)25-19-27(32(45)37-26(30(43)31(36)44)18-23-12-10-13-23)42(20-25)33(46)29(24-14-8-7-9-15-24)39-34(47)38-28(35(3,4)5)21-41-17-11-16-40(6)50(41,48)49/h22-29H,7-21H2,1-6H3,(H2,36,44)(H,37,45)(H2,38,39,47)/t25-,26?,27+,28-,29+/m1/s1. The van der Waals surface area contributed by atoms with Crippen LogP contribution < -0.4 is 21.7 Å². The van der Waals surface area contributed by atoms with Gasteiger partial charge in [-0.25, -0.2) is 4.79 Å². The number of amides is 5. The molecule has 4 aliphatic rings. The van der Waals surface area contributed by atoms with Gasteiger partial charge in [0.15, 0.2) is 0 Å². The monoisotopic (exact) mass is 723 g/mol. The van der Waals surface area contributed by atoms with Crippen molar-refractivity contribution in [3.63, 3.8) is 0 Å². The van der Waals surface area contributed by atoms with Gasteiger partial charge in [-0.15, -0.1) is 0 Å². The summed E-state index contributed by atoms with van der Waals surface area (Å²) >= 11 is 0. The Kier molecular flexibility index (Phi) is 13.4. The molecule has 2 saturated heterocycles. The zero-order valence-corrected chi connectivity index (χ0v) is 31.7. The van der Waals surface area contributed by atoms with Crippen molar-refractivity contribution >= 4 is 39.7 Å². The van der Waals surface area contributed by atoms with Crippen molar-refractivity contribution in [2.45, 2.75) is 129 Å². The van der Waals surface area contributed by atoms with Gasteiger partial charge in [-0.05, 0) is 61.2 Å². The van der Waals surface area contributed by atoms with Crippen LogP contribution in [0.15, 0.2) is 0 Å². The minimum Gasteiger partial charge on any atom is -0.363 e. The number of carbonyl (C=O) groups excluding carboxylic acids is 5. The smallest absolute Gasteiger partial charge is 0.315 e. The number of hydrogen-bond acceptors (Lipinski definition) is 7. The summed E-state index contributed by atoms with van der Waals surface area (Å²) in [7, 11) is -2.11. The minimum atomic E-state index is -3.66. The van der Waals surface area contributed by atoms with Gasteiger partial charge in [0.1, 0.15) is 12.1 Å². The molecule has 50 heavy (non-hydrogen) atoms. The van der Waals surface area contributed by atoms with Gasteiger partial charge in [0.25, 0.3) is 16.1 Å². The van der Waals surface area contributed by atoms with Crippen LogP contribution in [0, 0.1) is 29.1 Å². The zero-order chi connectivity index (χ0) is 37.0. The topological polar surface area (TPSA) is 191 Å². The number of primary amides is 1. The van der Waals surface area contributed by atoms with E-state index in [0.717, 1.165) is 51.4 Å². The van der Waals surface area contributed by atoms with Gasteiger partial charge >= 0.3 is 6.03 Å². The third kappa shape index (κ3) is 9.75. The molecule has 5 atom stereocenters. The molecule has 5 N–H and O–H groups in total. The summed E-state index contributed by atoms with van der Waals surface area (Å²) in [5.41, 5.74) is 4.85. The lowest BCUT2D eigenvalue weighted by Gasteiger charge is -2.39. The maximum atomic E-state index is 14.6. The molecule has 14 nitrogen and oxygen atoms in total. The van der Waals surface area contributed by atoms with Crippen molar-refractivity contribution in [1.82, 2.24) is 29.5 Å². The van der Waals surface area contributed by atoms with Crippen LogP contribution in [0.1, 0.15) is 105 Å². The normalized spacial score (nSPS) is 25.7. The molecule has 2 aliphatic carbocycles. The maximum Gasteiger partial charge on any atom is 0.315 e. The van der Waals surface area contributed by atoms with Gasteiger partial charge < -0.3 is 26.6 Å². The van der Waals surface area contributed by atoms with Crippen molar-refractivity contribution in [2.24, 2.45) is 34.8 Å². The summed E-state index contributed by atoms with van der Waals surface area (Å²) in [4.78, 5) is 68.6. The van der Waals surface area contributed by atoms with Crippen molar-refractivity contribution in [3.8, 4) is 0 Å². The molecule has 5 amide bonds. The van der Waals surface area contributed by atoms with E-state index in [1.165, 1.54) is 8.61 Å². The van der Waals surface area contributed by atoms with E-state index in [0.29, 0.717) is 38.9 Å². The fraction of sp³-hybridized carbons (Fsp3) is 0.857. The Morgan fingerprint density at radius 2 is 1.52 bits per heavy atom. The third-order valence-corrected chi connectivity index (χ3v) is 13.5. The molecule has 2 aliphatic heterocycles. The Balaban J connectivity index is 1.55. The quantitative estimate of drug-likeness (QED) is 0.209. The maximum absolute atomic E-state index is 14.6. The van der Waals surface area contributed by atoms with E-state index < -0.39 is 63.4 Å². The van der Waals surface area contributed by atoms with Crippen molar-refractivity contribution < 1.29 is 32.4 Å². The van der Waals surface area contributed by atoms with Gasteiger partial charge in [-0.3, -0.25) is 19.2 Å². The van der Waals surface area contributed by atoms with Crippen LogP contribution in [0.2, 0.25) is 0 Å². The van der Waals surface area contributed by atoms with Gasteiger partial charge in [-0.2, -0.15) is 17.0 Å². The number of rotatable bonds is 13. The second-order valence-corrected chi connectivity index (χ2v) is 18.6. The summed E-state index contributed by atoms with van der Waals surface area (Å²) < 4.78 is 28.8. The first kappa shape index (κ1) is 40.0. The largest absolute Gasteiger partial charge is 0.363 e. The first-order valence-electron chi connectivity index (χ1n) is 18.6. The number of ketones is 1. The Labute approximate surface area is 298 Å². The number of Topliss-reactive ketones (excluding diaryl/α,β-unsaturated/α-hetero) is 1. The number of carbonyl (C=O) groups is 5. The average molecular weight is 724 g/mol. The van der Waals surface area contributed by atoms with E-state index in [-0.39, 0.29) is 36.1 Å². The Hall–Kier alpha value is -2.78. The van der Waals surface area contributed by atoms with E-state index in [9.17, 15) is 32.4 Å². The van der Waals surface area contributed by atoms with E-state index in [2.05, 4.69) is 16.0 Å². The number of likely N-dealkylation sites (tertiary alicyclic amines) is 1. The van der Waals surface area contributed by atoms with Crippen molar-refractivity contribution in [2.75, 3.05) is 33.2 Å². The fourth-order valence-electron chi connectivity index (χ4n) is 7.77. The molecular formula is C35H61N7O7S. The average Bonchev–Trinajstić information content (AvgIpc) is 3.48. The fourth-order valence-corrected chi connectivity index (χ4v) is 9.22. The molecule has 2 saturated carbocycles. The van der Waals surface area contributed by atoms with Crippen LogP contribution in [-0.4, -0.2) is 109 Å². The first-order chi connectivity index (χ1) is 23.4. The molecule has 0 aromatic heterocycles. The summed E-state index contributed by atoms with van der Waals surface area (Å²) in [6.45, 7) is 11.1. The molecule has 0 bridgehead atoms. The number of hydrogen-bond donors (Lipinski definition) is 4. The van der Waals surface area contributed by atoms with Crippen LogP contribution in [-0.2, 0) is 29.4 Å². The highest BCUT2D eigenvalue weighted by Crippen LogP contribution is 2.34. The number of nitrogens with one attached hydrogen (secondary N) is 3. The Morgan fingerprint density at radius 1 is 0.860 bits per heavy atom. The van der Waals surface area contributed by atoms with E-state index in [4.69, 9.17) is 5.73 Å². The molecule has 0 aromatic carbocycles. The lowest BCUT2D eigenvalue weighted by molar-refractivity contribution is -0.143. The molecule has 4 fully saturated rings. The number of nitrogens with two attached hydrogens (primary N) is 1. The highest BCUT2D eigenvalue weighted by molar-refractivity contribution is 7.86. The van der Waals surface area contributed by atoms with Gasteiger partial charge in [0.2, 0.25) is 17.6 Å². The number of urea groups is 1. The lowest BCUT2D eigenvalue weighted by atomic mass is 9.80. The van der Waals surface area contributed by atoms with E-state index in [1.54, 1.807) is 11.9 Å². The first-order valence-corrected chi connectivity index (χ1v) is 20.0. The molecule has 1 unspecified atom stereocenters. The van der Waals surface area contributed by atoms with Gasteiger partial charge in [0, 0.05) is 39.3 Å². The Morgan fingerprint density at radius 3 is 2.08 bits per heavy atom. The van der Waals surface area contributed by atoms with Gasteiger partial charge in [-0.1, -0.05) is 73.1 Å². The molecule has 15 heteroatoms. The SMILES string of the molecule is CC(C)[C@@H]1C[C@@H](C(=O)NC(CC2CCC2)C(=O)C(N)=O)N(C(=O)[C@@H](NC(=O)N[C@H](CN2CCCN(C)S2(=O)=O)C(C)(C)C)C2CCCCC2)C1. The Bertz CT molecular complexity index is 1360. The summed E-state index contributed by atoms with van der Waals surface area (Å²) in [6.07, 6.45) is 8.62. The van der Waals surface area contributed by atoms with Gasteiger partial charge in [0.05, 0.1) is 6.04 Å². The molecule has 0 spiro atoms. The summed E-state index contributed by atoms with van der Waals surface area (Å²) in [6, 6.07) is -3.95. The summed E-state index contributed by atoms with van der Waals surface area (Å²) in [5, 5.41) is 8.78. The highest BCUT2D eigenvalue weighted by atomic mass is 32.2. The molecule has 0 radical (unpaired) electrons. The van der Waals surface area contributed by atoms with E-state index >= 15 is 0 Å². The van der Waals surface area contributed by atoms with Crippen LogP contribution in [0.5, 0.6) is 0 Å². The minimum absolute atomic E-state index is 0.0161. The lowest BCUT2D eigenvalue weighted by Crippen LogP contribution is -2.61. The summed E-state index contributed by atoms with van der Waals surface area (Å²) in [5.74, 6) is -2.51. The van der Waals surface area contributed by atoms with Crippen LogP contribution >= 0.6 is 0 Å². The predicted octanol–water partition coefficient (Wildman–Crippen LogP) is 2.13. The zero-order valence-electron chi connectivity index (χ0n) is 30.9. The third-order valence-electron chi connectivity index (χ3n) is 11.5. The number of nitrogens with zero attached hydrogens (tertiary/aromatic N) is 3. The molecule has 4 rings (SSSR count). The second kappa shape index (κ2) is 16.7. The second-order valence-electron chi connectivity index (χ2n) is 16.5. The molecule has 284 valence electrons. The molecule has 2 heterocycles.